The van der Waals surface area contributed by atoms with Crippen molar-refractivity contribution in [3.63, 3.8) is 0 Å². The van der Waals surface area contributed by atoms with Crippen molar-refractivity contribution in [3.8, 4) is 0 Å². The topological polar surface area (TPSA) is 83.5 Å². The molecule has 1 atom stereocenters. The Bertz CT molecular complexity index is 649. The van der Waals surface area contributed by atoms with Gasteiger partial charge in [-0.2, -0.15) is 0 Å². The molecule has 8 nitrogen and oxygen atoms in total. The molecule has 0 aromatic carbocycles. The Labute approximate surface area is 165 Å². The van der Waals surface area contributed by atoms with Crippen molar-refractivity contribution in [2.24, 2.45) is 12.0 Å². The number of hydrogen-bond acceptors (Lipinski definition) is 5. The second-order valence-electron chi connectivity index (χ2n) is 5.94. The summed E-state index contributed by atoms with van der Waals surface area (Å²) < 4.78 is 7.53. The number of guanidine groups is 1. The molecule has 2 N–H and O–H groups in total. The van der Waals surface area contributed by atoms with Gasteiger partial charge in [-0.1, -0.05) is 0 Å². The molecule has 3 heterocycles. The van der Waals surface area contributed by atoms with E-state index in [0.717, 1.165) is 37.2 Å². The highest BCUT2D eigenvalue weighted by atomic mass is 127. The number of halogens is 1. The molecule has 2 aromatic heterocycles. The molecule has 25 heavy (non-hydrogen) atoms. The standard InChI is InChI=1S/C16H25N7O.HI/c1-17-16(19-11-15-21-20-12-22(15)2)18-10-13(14-6-5-9-24-14)23-7-3-4-8-23;/h5-6,9,12-13H,3-4,7-8,10-11H2,1-2H3,(H2,17,18,19);1H. The zero-order chi connectivity index (χ0) is 16.8. The average molecular weight is 459 g/mol. The summed E-state index contributed by atoms with van der Waals surface area (Å²) in [7, 11) is 3.69. The lowest BCUT2D eigenvalue weighted by atomic mass is 10.2. The van der Waals surface area contributed by atoms with Crippen LogP contribution < -0.4 is 10.6 Å². The molecule has 1 unspecified atom stereocenters. The third-order valence-corrected chi connectivity index (χ3v) is 4.36. The fraction of sp³-hybridized carbons (Fsp3) is 0.562. The van der Waals surface area contributed by atoms with Gasteiger partial charge in [0.2, 0.25) is 0 Å². The minimum atomic E-state index is 0. The van der Waals surface area contributed by atoms with Gasteiger partial charge >= 0.3 is 0 Å². The van der Waals surface area contributed by atoms with Crippen LogP contribution in [0.2, 0.25) is 0 Å². The summed E-state index contributed by atoms with van der Waals surface area (Å²) in [5, 5.41) is 14.6. The maximum absolute atomic E-state index is 5.65. The number of nitrogens with one attached hydrogen (secondary N) is 2. The van der Waals surface area contributed by atoms with Crippen LogP contribution in [0.1, 0.15) is 30.5 Å². The molecule has 0 amide bonds. The van der Waals surface area contributed by atoms with E-state index in [2.05, 4.69) is 30.7 Å². The van der Waals surface area contributed by atoms with E-state index in [-0.39, 0.29) is 30.0 Å². The molecule has 0 aliphatic carbocycles. The first kappa shape index (κ1) is 19.7. The molecule has 0 bridgehead atoms. The molecule has 1 saturated heterocycles. The van der Waals surface area contributed by atoms with E-state index in [9.17, 15) is 0 Å². The van der Waals surface area contributed by atoms with E-state index in [1.54, 1.807) is 19.6 Å². The van der Waals surface area contributed by atoms with E-state index in [1.165, 1.54) is 12.8 Å². The summed E-state index contributed by atoms with van der Waals surface area (Å²) in [6.45, 7) is 3.54. The predicted octanol–water partition coefficient (Wildman–Crippen LogP) is 1.53. The molecule has 1 fully saturated rings. The van der Waals surface area contributed by atoms with Gasteiger partial charge in [0.25, 0.3) is 0 Å². The molecule has 3 rings (SSSR count). The molecule has 0 spiro atoms. The van der Waals surface area contributed by atoms with Crippen LogP contribution >= 0.6 is 24.0 Å². The highest BCUT2D eigenvalue weighted by Gasteiger charge is 2.25. The maximum Gasteiger partial charge on any atom is 0.191 e. The summed E-state index contributed by atoms with van der Waals surface area (Å²) in [4.78, 5) is 6.75. The van der Waals surface area contributed by atoms with Gasteiger partial charge in [-0.15, -0.1) is 34.2 Å². The average Bonchev–Trinajstić information content (AvgIpc) is 3.34. The van der Waals surface area contributed by atoms with Crippen molar-refractivity contribution in [1.82, 2.24) is 30.3 Å². The number of nitrogens with zero attached hydrogens (tertiary/aromatic N) is 5. The minimum absolute atomic E-state index is 0. The molecule has 1 aliphatic heterocycles. The monoisotopic (exact) mass is 459 g/mol. The summed E-state index contributed by atoms with van der Waals surface area (Å²) in [5.74, 6) is 2.60. The first-order chi connectivity index (χ1) is 11.8. The van der Waals surface area contributed by atoms with Gasteiger partial charge in [0.05, 0.1) is 18.8 Å². The highest BCUT2D eigenvalue weighted by molar-refractivity contribution is 14.0. The van der Waals surface area contributed by atoms with Crippen molar-refractivity contribution in [2.45, 2.75) is 25.4 Å². The van der Waals surface area contributed by atoms with Gasteiger partial charge in [0.15, 0.2) is 11.8 Å². The Morgan fingerprint density at radius 2 is 2.16 bits per heavy atom. The number of aryl methyl sites for hydroxylation is 1. The van der Waals surface area contributed by atoms with Gasteiger partial charge < -0.3 is 19.6 Å². The highest BCUT2D eigenvalue weighted by Crippen LogP contribution is 2.24. The van der Waals surface area contributed by atoms with Crippen molar-refractivity contribution in [2.75, 3.05) is 26.7 Å². The molecular weight excluding hydrogens is 433 g/mol. The van der Waals surface area contributed by atoms with Crippen LogP contribution in [-0.4, -0.2) is 52.3 Å². The van der Waals surface area contributed by atoms with Gasteiger partial charge in [-0.25, -0.2) is 0 Å². The molecule has 9 heteroatoms. The van der Waals surface area contributed by atoms with Crippen molar-refractivity contribution in [1.29, 1.82) is 0 Å². The van der Waals surface area contributed by atoms with Gasteiger partial charge in [-0.3, -0.25) is 9.89 Å². The van der Waals surface area contributed by atoms with Crippen molar-refractivity contribution < 1.29 is 4.42 Å². The van der Waals surface area contributed by atoms with E-state index >= 15 is 0 Å². The Balaban J connectivity index is 0.00000225. The zero-order valence-electron chi connectivity index (χ0n) is 14.7. The quantitative estimate of drug-likeness (QED) is 0.388. The zero-order valence-corrected chi connectivity index (χ0v) is 17.0. The Morgan fingerprint density at radius 3 is 2.76 bits per heavy atom. The second-order valence-corrected chi connectivity index (χ2v) is 5.94. The number of aliphatic imine (C=N–C) groups is 1. The first-order valence-corrected chi connectivity index (χ1v) is 8.33. The second kappa shape index (κ2) is 9.76. The molecular formula is C16H26IN7O. The van der Waals surface area contributed by atoms with Crippen LogP contribution in [0.5, 0.6) is 0 Å². The van der Waals surface area contributed by atoms with E-state index < -0.39 is 0 Å². The summed E-state index contributed by atoms with van der Waals surface area (Å²) in [5.41, 5.74) is 0. The normalized spacial score (nSPS) is 16.5. The Kier molecular flexibility index (Phi) is 7.69. The summed E-state index contributed by atoms with van der Waals surface area (Å²) in [6, 6.07) is 4.20. The summed E-state index contributed by atoms with van der Waals surface area (Å²) >= 11 is 0. The van der Waals surface area contributed by atoms with Gasteiger partial charge in [0.1, 0.15) is 12.1 Å². The molecule has 138 valence electrons. The molecule has 1 aliphatic rings. The number of aromatic nitrogens is 3. The third kappa shape index (κ3) is 5.18. The largest absolute Gasteiger partial charge is 0.468 e. The van der Waals surface area contributed by atoms with Crippen LogP contribution in [0.4, 0.5) is 0 Å². The lowest BCUT2D eigenvalue weighted by molar-refractivity contribution is 0.215. The smallest absolute Gasteiger partial charge is 0.191 e. The fourth-order valence-corrected chi connectivity index (χ4v) is 2.99. The van der Waals surface area contributed by atoms with Crippen molar-refractivity contribution in [3.05, 3.63) is 36.3 Å². The van der Waals surface area contributed by atoms with Crippen LogP contribution in [0.15, 0.2) is 34.1 Å². The van der Waals surface area contributed by atoms with E-state index in [1.807, 2.05) is 23.7 Å². The number of rotatable bonds is 6. The lowest BCUT2D eigenvalue weighted by Crippen LogP contribution is -2.42. The Hall–Kier alpha value is -1.62. The Morgan fingerprint density at radius 1 is 1.36 bits per heavy atom. The van der Waals surface area contributed by atoms with E-state index in [4.69, 9.17) is 4.42 Å². The maximum atomic E-state index is 5.65. The van der Waals surface area contributed by atoms with Crippen LogP contribution in [0.3, 0.4) is 0 Å². The molecule has 0 radical (unpaired) electrons. The van der Waals surface area contributed by atoms with Crippen molar-refractivity contribution >= 4 is 29.9 Å². The molecule has 2 aromatic rings. The molecule has 0 saturated carbocycles. The van der Waals surface area contributed by atoms with Crippen LogP contribution in [-0.2, 0) is 13.6 Å². The SMILES string of the molecule is CN=C(NCc1nncn1C)NCC(c1ccco1)N1CCCC1.I. The van der Waals surface area contributed by atoms with Gasteiger partial charge in [-0.05, 0) is 38.1 Å². The number of furan rings is 1. The number of likely N-dealkylation sites (tertiary alicyclic amines) is 1. The number of hydrogen-bond donors (Lipinski definition) is 2. The first-order valence-electron chi connectivity index (χ1n) is 8.33. The van der Waals surface area contributed by atoms with E-state index in [0.29, 0.717) is 6.54 Å². The summed E-state index contributed by atoms with van der Waals surface area (Å²) in [6.07, 6.45) is 5.92. The van der Waals surface area contributed by atoms with Crippen LogP contribution in [0.25, 0.3) is 0 Å². The third-order valence-electron chi connectivity index (χ3n) is 4.36. The predicted molar refractivity (Wildman–Crippen MR) is 107 cm³/mol. The minimum Gasteiger partial charge on any atom is -0.468 e. The fourth-order valence-electron chi connectivity index (χ4n) is 2.99. The van der Waals surface area contributed by atoms with Gasteiger partial charge in [0, 0.05) is 20.6 Å². The van der Waals surface area contributed by atoms with Crippen LogP contribution in [0, 0.1) is 0 Å². The lowest BCUT2D eigenvalue weighted by Gasteiger charge is -2.26.